The Hall–Kier alpha value is -2.32. The van der Waals surface area contributed by atoms with Gasteiger partial charge in [-0.05, 0) is 77.0 Å². The highest BCUT2D eigenvalue weighted by molar-refractivity contribution is 7.47. The first-order valence-corrected chi connectivity index (χ1v) is 39.0. The molecule has 9 heteroatoms. The Morgan fingerprint density at radius 1 is 0.402 bits per heavy atom. The number of amides is 1. The van der Waals surface area contributed by atoms with Crippen LogP contribution < -0.4 is 5.32 Å². The molecule has 87 heavy (non-hydrogen) atoms. The summed E-state index contributed by atoms with van der Waals surface area (Å²) in [6.45, 7) is 4.73. The summed E-state index contributed by atoms with van der Waals surface area (Å²) in [7, 11) is 1.57. The fraction of sp³-hybridized carbons (Fsp3) is 0.808. The van der Waals surface area contributed by atoms with Crippen LogP contribution >= 0.6 is 7.82 Å². The van der Waals surface area contributed by atoms with Crippen LogP contribution in [0.2, 0.25) is 0 Å². The minimum atomic E-state index is -4.37. The highest BCUT2D eigenvalue weighted by atomic mass is 31.2. The van der Waals surface area contributed by atoms with Gasteiger partial charge < -0.3 is 19.8 Å². The van der Waals surface area contributed by atoms with Crippen molar-refractivity contribution in [2.75, 3.05) is 40.9 Å². The number of likely N-dealkylation sites (N-methyl/N-ethyl adjacent to an activating group) is 1. The molecule has 0 saturated carbocycles. The van der Waals surface area contributed by atoms with Crippen LogP contribution in [0.4, 0.5) is 0 Å². The average Bonchev–Trinajstić information content (AvgIpc) is 3.69. The molecule has 3 atom stereocenters. The lowest BCUT2D eigenvalue weighted by atomic mass is 10.0. The van der Waals surface area contributed by atoms with Crippen molar-refractivity contribution in [3.8, 4) is 0 Å². The molecule has 1 amide bonds. The van der Waals surface area contributed by atoms with E-state index in [1.807, 2.05) is 27.2 Å². The van der Waals surface area contributed by atoms with E-state index in [9.17, 15) is 19.4 Å². The van der Waals surface area contributed by atoms with Crippen molar-refractivity contribution in [2.45, 2.75) is 366 Å². The predicted molar refractivity (Wildman–Crippen MR) is 383 cm³/mol. The van der Waals surface area contributed by atoms with Crippen LogP contribution in [-0.4, -0.2) is 73.4 Å². The molecule has 0 spiro atoms. The van der Waals surface area contributed by atoms with Crippen molar-refractivity contribution in [3.05, 3.63) is 85.1 Å². The van der Waals surface area contributed by atoms with Gasteiger partial charge in [-0.1, -0.05) is 356 Å². The zero-order valence-corrected chi connectivity index (χ0v) is 59.2. The van der Waals surface area contributed by atoms with E-state index in [0.29, 0.717) is 17.4 Å². The molecule has 0 rings (SSSR count). The second-order valence-corrected chi connectivity index (χ2v) is 28.1. The average molecular weight is 1240 g/mol. The van der Waals surface area contributed by atoms with Gasteiger partial charge in [0.15, 0.2) is 0 Å². The van der Waals surface area contributed by atoms with E-state index in [-0.39, 0.29) is 19.1 Å². The van der Waals surface area contributed by atoms with E-state index in [1.54, 1.807) is 6.08 Å². The molecular weight excluding hydrogens is 1090 g/mol. The summed E-state index contributed by atoms with van der Waals surface area (Å²) in [4.78, 5) is 23.4. The number of nitrogens with zero attached hydrogens (tertiary/aromatic N) is 1. The second kappa shape index (κ2) is 68.1. The van der Waals surface area contributed by atoms with Crippen LogP contribution in [0.1, 0.15) is 354 Å². The Morgan fingerprint density at radius 2 is 0.701 bits per heavy atom. The van der Waals surface area contributed by atoms with Crippen molar-refractivity contribution in [1.82, 2.24) is 5.32 Å². The van der Waals surface area contributed by atoms with E-state index in [2.05, 4.69) is 92.1 Å². The molecule has 8 nitrogen and oxygen atoms in total. The van der Waals surface area contributed by atoms with Crippen LogP contribution in [0.15, 0.2) is 85.1 Å². The maximum atomic E-state index is 13.1. The summed E-state index contributed by atoms with van der Waals surface area (Å²) in [5.74, 6) is -0.181. The van der Waals surface area contributed by atoms with Crippen LogP contribution in [0.25, 0.3) is 0 Å². The molecule has 0 fully saturated rings. The molecule has 0 radical (unpaired) electrons. The number of carbonyl (C=O) groups is 1. The number of unbranched alkanes of at least 4 members (excludes halogenated alkanes) is 44. The Balaban J connectivity index is 4.00. The van der Waals surface area contributed by atoms with Gasteiger partial charge in [0.05, 0.1) is 39.9 Å². The first kappa shape index (κ1) is 84.7. The first-order chi connectivity index (χ1) is 42.5. The van der Waals surface area contributed by atoms with Gasteiger partial charge in [-0.2, -0.15) is 0 Å². The molecule has 508 valence electrons. The first-order valence-electron chi connectivity index (χ1n) is 37.5. The quantitative estimate of drug-likeness (QED) is 0.0243. The molecule has 0 aromatic rings. The maximum absolute atomic E-state index is 13.1. The number of carbonyl (C=O) groups excluding carboxylic acids is 1. The van der Waals surface area contributed by atoms with Crippen molar-refractivity contribution >= 4 is 13.7 Å². The van der Waals surface area contributed by atoms with Gasteiger partial charge in [0.25, 0.3) is 0 Å². The molecule has 0 aromatic heterocycles. The SMILES string of the molecule is CC/C=C\C/C=C\C/C=C\C/C=C\C/C=C\CCCCCCCCCCCCCCCCCCCCCCCCCC(=O)NC(COP(=O)(O)OCC[N+](C)(C)C)C(O)/C=C/CC/C=C/CCCCCCCCCCCCCCCCCCCCCC. The van der Waals surface area contributed by atoms with Gasteiger partial charge in [0.1, 0.15) is 13.2 Å². The molecule has 0 saturated heterocycles. The number of hydrogen-bond donors (Lipinski definition) is 3. The summed E-state index contributed by atoms with van der Waals surface area (Å²) in [6, 6.07) is -0.867. The molecule has 0 heterocycles. The number of allylic oxidation sites excluding steroid dienone is 13. The Labute approximate surface area is 541 Å². The lowest BCUT2D eigenvalue weighted by Crippen LogP contribution is -2.45. The summed E-state index contributed by atoms with van der Waals surface area (Å²) in [6.07, 6.45) is 97.6. The van der Waals surface area contributed by atoms with Gasteiger partial charge >= 0.3 is 7.82 Å². The number of hydrogen-bond acceptors (Lipinski definition) is 5. The summed E-state index contributed by atoms with van der Waals surface area (Å²) >= 11 is 0. The van der Waals surface area contributed by atoms with Gasteiger partial charge in [0.2, 0.25) is 5.91 Å². The van der Waals surface area contributed by atoms with Crippen molar-refractivity contribution in [1.29, 1.82) is 0 Å². The number of phosphoric ester groups is 1. The standard InChI is InChI=1S/C78H145N2O6P/c1-6-8-10-12-14-16-18-20-22-24-26-28-30-32-34-35-36-37-38-39-40-41-42-43-44-45-46-48-50-52-54-56-58-60-62-64-66-68-70-72-78(82)79-76(75-86-87(83,84)85-74-73-80(3,4)5)77(81)71-69-67-65-63-61-59-57-55-53-51-49-47-33-31-29-27-25-23-21-19-17-15-13-11-9-7-2/h8,10,14,16,20,22,26,28,32,34,61,63,69,71,76-77,81H,6-7,9,11-13,15,17-19,21,23-25,27,29-31,33,35-60,62,64-68,70,72-75H2,1-5H3,(H-,79,82,83,84)/p+1/b10-8-,16-14-,22-20-,28-26-,34-32-,63-61+,71-69+. The van der Waals surface area contributed by atoms with Gasteiger partial charge in [-0.3, -0.25) is 13.8 Å². The Bertz CT molecular complexity index is 1700. The monoisotopic (exact) mass is 1240 g/mol. The highest BCUT2D eigenvalue weighted by Gasteiger charge is 2.28. The minimum Gasteiger partial charge on any atom is -0.387 e. The number of quaternary nitrogens is 1. The van der Waals surface area contributed by atoms with Crippen molar-refractivity contribution in [2.24, 2.45) is 0 Å². The van der Waals surface area contributed by atoms with Crippen molar-refractivity contribution in [3.63, 3.8) is 0 Å². The summed E-state index contributed by atoms with van der Waals surface area (Å²) < 4.78 is 23.8. The van der Waals surface area contributed by atoms with Crippen LogP contribution in [0.3, 0.4) is 0 Å². The smallest absolute Gasteiger partial charge is 0.387 e. The molecule has 0 aliphatic heterocycles. The normalized spacial score (nSPS) is 14.1. The molecule has 0 aromatic carbocycles. The predicted octanol–water partition coefficient (Wildman–Crippen LogP) is 24.3. The van der Waals surface area contributed by atoms with E-state index < -0.39 is 20.0 Å². The third kappa shape index (κ3) is 71.0. The van der Waals surface area contributed by atoms with Gasteiger partial charge in [-0.15, -0.1) is 0 Å². The van der Waals surface area contributed by atoms with E-state index >= 15 is 0 Å². The number of rotatable bonds is 69. The zero-order valence-electron chi connectivity index (χ0n) is 58.3. The second-order valence-electron chi connectivity index (χ2n) is 26.6. The Morgan fingerprint density at radius 3 is 1.06 bits per heavy atom. The van der Waals surface area contributed by atoms with E-state index in [0.717, 1.165) is 70.6 Å². The molecule has 0 bridgehead atoms. The Kier molecular flexibility index (Phi) is 66.2. The highest BCUT2D eigenvalue weighted by Crippen LogP contribution is 2.43. The van der Waals surface area contributed by atoms with Crippen molar-refractivity contribution < 1.29 is 32.9 Å². The summed E-state index contributed by atoms with van der Waals surface area (Å²) in [5.41, 5.74) is 0. The minimum absolute atomic E-state index is 0.0560. The van der Waals surface area contributed by atoms with Gasteiger partial charge in [-0.25, -0.2) is 4.57 Å². The molecule has 0 aliphatic rings. The third-order valence-electron chi connectivity index (χ3n) is 16.8. The van der Waals surface area contributed by atoms with Crippen LogP contribution in [0.5, 0.6) is 0 Å². The number of nitrogens with one attached hydrogen (secondary N) is 1. The van der Waals surface area contributed by atoms with Crippen LogP contribution in [0, 0.1) is 0 Å². The molecule has 3 unspecified atom stereocenters. The fourth-order valence-corrected chi connectivity index (χ4v) is 11.8. The molecular formula is C78H146N2O6P+. The number of aliphatic hydroxyl groups excluding tert-OH is 1. The maximum Gasteiger partial charge on any atom is 0.472 e. The van der Waals surface area contributed by atoms with Gasteiger partial charge in [0, 0.05) is 6.42 Å². The largest absolute Gasteiger partial charge is 0.472 e. The fourth-order valence-electron chi connectivity index (χ4n) is 11.1. The third-order valence-corrected chi connectivity index (χ3v) is 17.8. The topological polar surface area (TPSA) is 105 Å². The van der Waals surface area contributed by atoms with Crippen LogP contribution in [-0.2, 0) is 18.4 Å². The number of phosphoric acid groups is 1. The van der Waals surface area contributed by atoms with E-state index in [1.165, 1.54) is 263 Å². The number of aliphatic hydroxyl groups is 1. The molecule has 0 aliphatic carbocycles. The lowest BCUT2D eigenvalue weighted by Gasteiger charge is -2.25. The summed E-state index contributed by atoms with van der Waals surface area (Å²) in [5, 5.41) is 14.0. The van der Waals surface area contributed by atoms with E-state index in [4.69, 9.17) is 9.05 Å². The lowest BCUT2D eigenvalue weighted by molar-refractivity contribution is -0.870. The zero-order chi connectivity index (χ0) is 63.4. The molecule has 3 N–H and O–H groups in total.